The summed E-state index contributed by atoms with van der Waals surface area (Å²) < 4.78 is 5.85. The van der Waals surface area contributed by atoms with Gasteiger partial charge in [-0.15, -0.1) is 0 Å². The summed E-state index contributed by atoms with van der Waals surface area (Å²) in [6.45, 7) is 5.37. The Morgan fingerprint density at radius 1 is 0.871 bits per heavy atom. The predicted molar refractivity (Wildman–Crippen MR) is 131 cm³/mol. The molecule has 2 atom stereocenters. The van der Waals surface area contributed by atoms with Gasteiger partial charge in [0.15, 0.2) is 0 Å². The highest BCUT2D eigenvalue weighted by Gasteiger charge is 2.24. The van der Waals surface area contributed by atoms with Crippen molar-refractivity contribution in [1.82, 2.24) is 5.32 Å². The van der Waals surface area contributed by atoms with E-state index in [-0.39, 0.29) is 17.6 Å². The maximum absolute atomic E-state index is 12.9. The molecule has 0 saturated carbocycles. The molecule has 3 rings (SSSR count). The summed E-state index contributed by atoms with van der Waals surface area (Å²) in [4.78, 5) is 12.9. The van der Waals surface area contributed by atoms with Gasteiger partial charge in [0.1, 0.15) is 0 Å². The molecule has 3 nitrogen and oxygen atoms in total. The van der Waals surface area contributed by atoms with E-state index in [1.54, 1.807) is 0 Å². The van der Waals surface area contributed by atoms with Gasteiger partial charge in [0, 0.05) is 6.42 Å². The molecule has 31 heavy (non-hydrogen) atoms. The molecular weight excluding hydrogens is 401 g/mol. The van der Waals surface area contributed by atoms with E-state index in [1.165, 1.54) is 10.6 Å². The van der Waals surface area contributed by atoms with Crippen LogP contribution in [0.2, 0.25) is 0 Å². The van der Waals surface area contributed by atoms with Crippen molar-refractivity contribution < 1.29 is 9.53 Å². The van der Waals surface area contributed by atoms with Crippen LogP contribution in [-0.4, -0.2) is 24.2 Å². The summed E-state index contributed by atoms with van der Waals surface area (Å²) >= 11 is 0. The summed E-state index contributed by atoms with van der Waals surface area (Å²) in [6.07, 6.45) is 1.35. The fourth-order valence-electron chi connectivity index (χ4n) is 3.64. The van der Waals surface area contributed by atoms with E-state index >= 15 is 0 Å². The summed E-state index contributed by atoms with van der Waals surface area (Å²) in [6, 6.07) is 31.3. The van der Waals surface area contributed by atoms with Crippen molar-refractivity contribution in [3.63, 3.8) is 0 Å². The number of hydrogen-bond donors (Lipinski definition) is 1. The molecule has 0 aliphatic heterocycles. The second kappa shape index (κ2) is 12.4. The van der Waals surface area contributed by atoms with Crippen LogP contribution >= 0.6 is 7.92 Å². The van der Waals surface area contributed by atoms with Crippen LogP contribution < -0.4 is 15.9 Å². The topological polar surface area (TPSA) is 38.3 Å². The molecule has 4 heteroatoms. The molecule has 0 heterocycles. The van der Waals surface area contributed by atoms with Crippen LogP contribution in [0.4, 0.5) is 0 Å². The highest BCUT2D eigenvalue weighted by atomic mass is 31.1. The van der Waals surface area contributed by atoms with E-state index in [0.717, 1.165) is 12.0 Å². The zero-order valence-corrected chi connectivity index (χ0v) is 19.3. The smallest absolute Gasteiger partial charge is 0.220 e. The Bertz CT molecular complexity index is 863. The molecule has 0 aliphatic rings. The Labute approximate surface area is 187 Å². The van der Waals surface area contributed by atoms with Crippen LogP contribution in [0, 0.1) is 0 Å². The number of amides is 1. The van der Waals surface area contributed by atoms with E-state index in [2.05, 4.69) is 79.8 Å². The summed E-state index contributed by atoms with van der Waals surface area (Å²) in [5, 5.41) is 5.80. The zero-order chi connectivity index (χ0) is 21.9. The third-order valence-electron chi connectivity index (χ3n) is 5.28. The Morgan fingerprint density at radius 2 is 1.39 bits per heavy atom. The fourth-order valence-corrected chi connectivity index (χ4v) is 6.29. The van der Waals surface area contributed by atoms with Gasteiger partial charge >= 0.3 is 0 Å². The third-order valence-corrected chi connectivity index (χ3v) is 8.05. The molecule has 3 aromatic rings. The number of carbonyl (C=O) groups is 1. The van der Waals surface area contributed by atoms with Crippen LogP contribution in [0.1, 0.15) is 32.3 Å². The van der Waals surface area contributed by atoms with Crippen LogP contribution in [-0.2, 0) is 16.1 Å². The quantitative estimate of drug-likeness (QED) is 0.432. The summed E-state index contributed by atoms with van der Waals surface area (Å²) in [5.41, 5.74) is 1.39. The van der Waals surface area contributed by atoms with Gasteiger partial charge in [-0.2, -0.15) is 0 Å². The van der Waals surface area contributed by atoms with Crippen molar-refractivity contribution in [3.8, 4) is 0 Å². The SMILES string of the molecule is CC[C@H](COCc1ccccc1)NC(=O)C[C@H](C)P(c1ccccc1)c1ccccc1. The van der Waals surface area contributed by atoms with Gasteiger partial charge in [-0.05, 0) is 36.2 Å². The fraction of sp³-hybridized carbons (Fsp3) is 0.296. The average Bonchev–Trinajstić information content (AvgIpc) is 2.80. The molecule has 0 bridgehead atoms. The predicted octanol–water partition coefficient (Wildman–Crippen LogP) is 5.01. The minimum absolute atomic E-state index is 0.0306. The van der Waals surface area contributed by atoms with Crippen molar-refractivity contribution >= 4 is 24.4 Å². The maximum atomic E-state index is 12.9. The van der Waals surface area contributed by atoms with Gasteiger partial charge in [0.2, 0.25) is 5.91 Å². The lowest BCUT2D eigenvalue weighted by Gasteiger charge is -2.26. The lowest BCUT2D eigenvalue weighted by molar-refractivity contribution is -0.122. The standard InChI is InChI=1S/C27H32NO2P/c1-3-24(21-30-20-23-13-7-4-8-14-23)28-27(29)19-22(2)31(25-15-9-5-10-16-25)26-17-11-6-12-18-26/h4-18,22,24H,3,19-21H2,1-2H3,(H,28,29)/t22-,24+/m0/s1. The first-order chi connectivity index (χ1) is 15.2. The lowest BCUT2D eigenvalue weighted by atomic mass is 10.2. The molecule has 0 spiro atoms. The second-order valence-electron chi connectivity index (χ2n) is 7.77. The number of ether oxygens (including phenoxy) is 1. The van der Waals surface area contributed by atoms with Crippen molar-refractivity contribution in [2.24, 2.45) is 0 Å². The van der Waals surface area contributed by atoms with Gasteiger partial charge in [0.05, 0.1) is 19.3 Å². The van der Waals surface area contributed by atoms with E-state index in [9.17, 15) is 4.79 Å². The van der Waals surface area contributed by atoms with Gasteiger partial charge < -0.3 is 10.1 Å². The number of carbonyl (C=O) groups excluding carboxylic acids is 1. The molecule has 3 aromatic carbocycles. The van der Waals surface area contributed by atoms with Gasteiger partial charge in [-0.1, -0.05) is 105 Å². The Balaban J connectivity index is 1.58. The molecule has 0 aromatic heterocycles. The van der Waals surface area contributed by atoms with Gasteiger partial charge in [0.25, 0.3) is 0 Å². The van der Waals surface area contributed by atoms with Crippen LogP contribution in [0.25, 0.3) is 0 Å². The van der Waals surface area contributed by atoms with Crippen molar-refractivity contribution in [1.29, 1.82) is 0 Å². The molecular formula is C27H32NO2P. The number of hydrogen-bond acceptors (Lipinski definition) is 2. The molecule has 0 saturated heterocycles. The van der Waals surface area contributed by atoms with E-state index in [0.29, 0.717) is 19.6 Å². The highest BCUT2D eigenvalue weighted by Crippen LogP contribution is 2.40. The molecule has 0 fully saturated rings. The van der Waals surface area contributed by atoms with E-state index in [1.807, 2.05) is 30.3 Å². The van der Waals surface area contributed by atoms with E-state index < -0.39 is 7.92 Å². The second-order valence-corrected chi connectivity index (χ2v) is 10.4. The van der Waals surface area contributed by atoms with Gasteiger partial charge in [-0.25, -0.2) is 0 Å². The minimum atomic E-state index is -0.607. The van der Waals surface area contributed by atoms with Crippen molar-refractivity contribution in [3.05, 3.63) is 96.6 Å². The van der Waals surface area contributed by atoms with Crippen molar-refractivity contribution in [2.45, 2.75) is 45.0 Å². The van der Waals surface area contributed by atoms with Gasteiger partial charge in [-0.3, -0.25) is 4.79 Å². The molecule has 0 aliphatic carbocycles. The first-order valence-electron chi connectivity index (χ1n) is 11.0. The Hall–Kier alpha value is -2.48. The monoisotopic (exact) mass is 433 g/mol. The number of nitrogens with one attached hydrogen (secondary N) is 1. The molecule has 162 valence electrons. The lowest BCUT2D eigenvalue weighted by Crippen LogP contribution is -2.39. The molecule has 0 unspecified atom stereocenters. The number of rotatable bonds is 11. The first-order valence-corrected chi connectivity index (χ1v) is 12.4. The summed E-state index contributed by atoms with van der Waals surface area (Å²) in [5.74, 6) is 0.0991. The van der Waals surface area contributed by atoms with E-state index in [4.69, 9.17) is 4.74 Å². The van der Waals surface area contributed by atoms with Crippen molar-refractivity contribution in [2.75, 3.05) is 6.61 Å². The first kappa shape index (κ1) is 23.2. The molecule has 0 radical (unpaired) electrons. The van der Waals surface area contributed by atoms with Crippen LogP contribution in [0.15, 0.2) is 91.0 Å². The average molecular weight is 434 g/mol. The maximum Gasteiger partial charge on any atom is 0.220 e. The molecule has 1 N–H and O–H groups in total. The highest BCUT2D eigenvalue weighted by molar-refractivity contribution is 7.73. The third kappa shape index (κ3) is 7.31. The normalized spacial score (nSPS) is 13.0. The van der Waals surface area contributed by atoms with Crippen LogP contribution in [0.5, 0.6) is 0 Å². The zero-order valence-electron chi connectivity index (χ0n) is 18.4. The Kier molecular flexibility index (Phi) is 9.27. The summed E-state index contributed by atoms with van der Waals surface area (Å²) in [7, 11) is -0.607. The minimum Gasteiger partial charge on any atom is -0.375 e. The largest absolute Gasteiger partial charge is 0.375 e. The molecule has 1 amide bonds. The number of benzene rings is 3. The van der Waals surface area contributed by atoms with Crippen LogP contribution in [0.3, 0.4) is 0 Å². The Morgan fingerprint density at radius 3 is 1.90 bits per heavy atom.